The third kappa shape index (κ3) is 5.66. The summed E-state index contributed by atoms with van der Waals surface area (Å²) in [6.45, 7) is 1.72. The number of benzene rings is 3. The van der Waals surface area contributed by atoms with Gasteiger partial charge in [-0.05, 0) is 55.0 Å². The van der Waals surface area contributed by atoms with Crippen LogP contribution in [0.1, 0.15) is 18.5 Å². The molecule has 0 fully saturated rings. The molecular weight excluding hydrogens is 509 g/mol. The number of carbonyl (C=O) groups is 1. The van der Waals surface area contributed by atoms with Gasteiger partial charge in [-0.25, -0.2) is 23.2 Å². The molecule has 11 heteroatoms. The molecule has 1 aromatic heterocycles. The van der Waals surface area contributed by atoms with Gasteiger partial charge >= 0.3 is 6.03 Å². The van der Waals surface area contributed by atoms with Crippen LogP contribution in [0.4, 0.5) is 10.5 Å². The van der Waals surface area contributed by atoms with E-state index in [2.05, 4.69) is 20.1 Å². The number of hydrogen-bond donors (Lipinski definition) is 3. The Labute approximate surface area is 212 Å². The van der Waals surface area contributed by atoms with Crippen molar-refractivity contribution in [3.8, 4) is 11.4 Å². The lowest BCUT2D eigenvalue weighted by Gasteiger charge is -2.26. The van der Waals surface area contributed by atoms with Crippen LogP contribution in [0.3, 0.4) is 0 Å². The normalized spacial score (nSPS) is 12.2. The van der Waals surface area contributed by atoms with Gasteiger partial charge in [0.05, 0.1) is 26.7 Å². The minimum atomic E-state index is -4.07. The molecule has 1 heterocycles. The topological polar surface area (TPSA) is 107 Å². The molecule has 0 aliphatic heterocycles. The number of anilines is 1. The molecule has 0 aliphatic rings. The number of nitrogens with zero attached hydrogens (tertiary/aromatic N) is 2. The highest BCUT2D eigenvalue weighted by Gasteiger charge is 2.26. The van der Waals surface area contributed by atoms with Crippen molar-refractivity contribution in [1.82, 2.24) is 20.1 Å². The standard InChI is InChI=1S/C24H21Cl2N5O3S/c1-16(20-8-5-9-21(25)22(20)26)29-24(32)31(30-35(33,34)19-6-3-2-4-7-19)18-12-10-17(11-13-18)23-27-14-15-28-23/h2-16,30H,1H3,(H,27,28)(H,29,32)/t16-/m0/s1. The molecular formula is C24H21Cl2N5O3S. The first-order valence-corrected chi connectivity index (χ1v) is 12.7. The van der Waals surface area contributed by atoms with Crippen molar-refractivity contribution in [2.75, 3.05) is 5.01 Å². The van der Waals surface area contributed by atoms with Crippen LogP contribution in [-0.4, -0.2) is 24.4 Å². The first kappa shape index (κ1) is 24.7. The second-order valence-corrected chi connectivity index (χ2v) is 9.99. The van der Waals surface area contributed by atoms with Crippen LogP contribution < -0.4 is 15.2 Å². The number of halogens is 2. The zero-order valence-corrected chi connectivity index (χ0v) is 20.8. The number of hydrazine groups is 1. The van der Waals surface area contributed by atoms with Gasteiger partial charge in [0.15, 0.2) is 0 Å². The van der Waals surface area contributed by atoms with E-state index in [1.54, 1.807) is 80.0 Å². The Morgan fingerprint density at radius 2 is 1.71 bits per heavy atom. The summed E-state index contributed by atoms with van der Waals surface area (Å²) in [6.07, 6.45) is 3.32. The summed E-state index contributed by atoms with van der Waals surface area (Å²) in [5, 5.41) is 4.37. The average Bonchev–Trinajstić information content (AvgIpc) is 3.40. The zero-order chi connectivity index (χ0) is 25.0. The third-order valence-corrected chi connectivity index (χ3v) is 7.30. The lowest BCUT2D eigenvalue weighted by Crippen LogP contribution is -2.51. The van der Waals surface area contributed by atoms with Crippen molar-refractivity contribution in [2.24, 2.45) is 0 Å². The number of sulfonamides is 1. The van der Waals surface area contributed by atoms with Crippen LogP contribution in [0.2, 0.25) is 10.0 Å². The number of nitrogens with one attached hydrogen (secondary N) is 3. The Balaban J connectivity index is 1.65. The van der Waals surface area contributed by atoms with E-state index in [0.29, 0.717) is 27.1 Å². The fourth-order valence-electron chi connectivity index (χ4n) is 3.36. The van der Waals surface area contributed by atoms with E-state index in [-0.39, 0.29) is 4.90 Å². The van der Waals surface area contributed by atoms with Crippen LogP contribution >= 0.6 is 23.2 Å². The molecule has 35 heavy (non-hydrogen) atoms. The number of urea groups is 1. The summed E-state index contributed by atoms with van der Waals surface area (Å²) in [6, 6.07) is 18.3. The van der Waals surface area contributed by atoms with Crippen LogP contribution in [0.5, 0.6) is 0 Å². The molecule has 180 valence electrons. The van der Waals surface area contributed by atoms with Gasteiger partial charge < -0.3 is 10.3 Å². The molecule has 0 aliphatic carbocycles. The third-order valence-electron chi connectivity index (χ3n) is 5.15. The van der Waals surface area contributed by atoms with E-state index in [1.165, 1.54) is 12.1 Å². The number of hydrogen-bond acceptors (Lipinski definition) is 4. The smallest absolute Gasteiger partial charge is 0.337 e. The molecule has 4 rings (SSSR count). The Morgan fingerprint density at radius 1 is 1.00 bits per heavy atom. The zero-order valence-electron chi connectivity index (χ0n) is 18.4. The summed E-state index contributed by atoms with van der Waals surface area (Å²) in [5.74, 6) is 0.640. The van der Waals surface area contributed by atoms with Crippen molar-refractivity contribution >= 4 is 44.9 Å². The highest BCUT2D eigenvalue weighted by atomic mass is 35.5. The molecule has 8 nitrogen and oxygen atoms in total. The van der Waals surface area contributed by atoms with Crippen molar-refractivity contribution in [1.29, 1.82) is 0 Å². The molecule has 3 aromatic carbocycles. The molecule has 0 unspecified atom stereocenters. The number of H-pyrrole nitrogens is 1. The van der Waals surface area contributed by atoms with Gasteiger partial charge in [0, 0.05) is 18.0 Å². The van der Waals surface area contributed by atoms with E-state index in [4.69, 9.17) is 23.2 Å². The highest BCUT2D eigenvalue weighted by molar-refractivity contribution is 7.89. The average molecular weight is 530 g/mol. The van der Waals surface area contributed by atoms with E-state index in [1.807, 2.05) is 0 Å². The van der Waals surface area contributed by atoms with Crippen LogP contribution in [0.25, 0.3) is 11.4 Å². The van der Waals surface area contributed by atoms with Gasteiger partial charge in [-0.2, -0.15) is 0 Å². The van der Waals surface area contributed by atoms with Gasteiger partial charge in [0.25, 0.3) is 10.0 Å². The number of aromatic amines is 1. The number of carbonyl (C=O) groups excluding carboxylic acids is 1. The number of rotatable bonds is 7. The van der Waals surface area contributed by atoms with E-state index in [0.717, 1.165) is 10.6 Å². The highest BCUT2D eigenvalue weighted by Crippen LogP contribution is 2.30. The largest absolute Gasteiger partial charge is 0.345 e. The molecule has 0 spiro atoms. The fourth-order valence-corrected chi connectivity index (χ4v) is 4.88. The van der Waals surface area contributed by atoms with Crippen LogP contribution in [0.15, 0.2) is 90.1 Å². The van der Waals surface area contributed by atoms with Crippen molar-refractivity contribution in [3.63, 3.8) is 0 Å². The van der Waals surface area contributed by atoms with Gasteiger partial charge in [-0.3, -0.25) is 0 Å². The summed E-state index contributed by atoms with van der Waals surface area (Å²) in [7, 11) is -4.07. The predicted octanol–water partition coefficient (Wildman–Crippen LogP) is 5.55. The maximum atomic E-state index is 13.3. The molecule has 0 radical (unpaired) electrons. The van der Waals surface area contributed by atoms with Gasteiger partial charge in [-0.15, -0.1) is 4.83 Å². The van der Waals surface area contributed by atoms with Crippen molar-refractivity contribution < 1.29 is 13.2 Å². The lowest BCUT2D eigenvalue weighted by molar-refractivity contribution is 0.242. The molecule has 0 bridgehead atoms. The Morgan fingerprint density at radius 3 is 2.37 bits per heavy atom. The number of imidazole rings is 1. The number of amides is 2. The Kier molecular flexibility index (Phi) is 7.42. The van der Waals surface area contributed by atoms with Crippen LogP contribution in [0, 0.1) is 0 Å². The quantitative estimate of drug-likeness (QED) is 0.272. The first-order valence-electron chi connectivity index (χ1n) is 10.5. The second kappa shape index (κ2) is 10.5. The summed E-state index contributed by atoms with van der Waals surface area (Å²) in [4.78, 5) is 22.9. The van der Waals surface area contributed by atoms with Crippen molar-refractivity contribution in [3.05, 3.63) is 101 Å². The van der Waals surface area contributed by atoms with Crippen LogP contribution in [-0.2, 0) is 10.0 Å². The molecule has 2 amide bonds. The maximum absolute atomic E-state index is 13.3. The maximum Gasteiger partial charge on any atom is 0.337 e. The van der Waals surface area contributed by atoms with E-state index < -0.39 is 22.1 Å². The van der Waals surface area contributed by atoms with E-state index in [9.17, 15) is 13.2 Å². The van der Waals surface area contributed by atoms with Crippen molar-refractivity contribution in [2.45, 2.75) is 17.9 Å². The van der Waals surface area contributed by atoms with Gasteiger partial charge in [0.2, 0.25) is 0 Å². The number of aromatic nitrogens is 2. The minimum Gasteiger partial charge on any atom is -0.345 e. The Hall–Kier alpha value is -3.37. The predicted molar refractivity (Wildman–Crippen MR) is 137 cm³/mol. The second-order valence-electron chi connectivity index (χ2n) is 7.54. The molecule has 3 N–H and O–H groups in total. The molecule has 0 saturated heterocycles. The Bertz CT molecular complexity index is 1410. The molecule has 4 aromatic rings. The monoisotopic (exact) mass is 529 g/mol. The summed E-state index contributed by atoms with van der Waals surface area (Å²) < 4.78 is 26.1. The minimum absolute atomic E-state index is 0.0101. The first-order chi connectivity index (χ1) is 16.8. The summed E-state index contributed by atoms with van der Waals surface area (Å²) >= 11 is 12.4. The van der Waals surface area contributed by atoms with Gasteiger partial charge in [-0.1, -0.05) is 53.5 Å². The lowest BCUT2D eigenvalue weighted by atomic mass is 10.1. The molecule has 1 atom stereocenters. The molecule has 0 saturated carbocycles. The van der Waals surface area contributed by atoms with Gasteiger partial charge in [0.1, 0.15) is 5.82 Å². The SMILES string of the molecule is C[C@H](NC(=O)N(NS(=O)(=O)c1ccccc1)c1ccc(-c2ncc[nH]2)cc1)c1cccc(Cl)c1Cl. The fraction of sp³-hybridized carbons (Fsp3) is 0.0833. The van der Waals surface area contributed by atoms with E-state index >= 15 is 0 Å². The summed E-state index contributed by atoms with van der Waals surface area (Å²) in [5.41, 5.74) is 1.65.